The minimum Gasteiger partial charge on any atom is -0.484 e. The van der Waals surface area contributed by atoms with E-state index < -0.39 is 12.1 Å². The number of carboxylic acids is 1. The minimum atomic E-state index is -1.00. The van der Waals surface area contributed by atoms with Gasteiger partial charge in [0.1, 0.15) is 5.75 Å². The van der Waals surface area contributed by atoms with Crippen LogP contribution < -0.4 is 9.64 Å². The maximum Gasteiger partial charge on any atom is 0.333 e. The summed E-state index contributed by atoms with van der Waals surface area (Å²) in [5.74, 6) is -0.495. The highest BCUT2D eigenvalue weighted by Crippen LogP contribution is 2.23. The number of carbonyl (C=O) groups is 2. The standard InChI is InChI=1S/C23H27ClN2O5/c1-16-14-25(11-12-26(16)19-7-5-18(24)6-8-19)22(27)15-31-20-9-3-17(4-10-20)13-21(30-2)23(28)29/h3-10,16,21H,11-15H2,1-2H3,(H,28,29)/t16?,21-/m0/s1. The number of hydrogen-bond acceptors (Lipinski definition) is 5. The molecule has 0 aliphatic carbocycles. The van der Waals surface area contributed by atoms with Crippen LogP contribution >= 0.6 is 11.6 Å². The van der Waals surface area contributed by atoms with E-state index in [9.17, 15) is 9.59 Å². The van der Waals surface area contributed by atoms with Crippen molar-refractivity contribution in [3.8, 4) is 5.75 Å². The second-order valence-corrected chi connectivity index (χ2v) is 7.99. The first-order valence-electron chi connectivity index (χ1n) is 10.1. The number of nitrogens with zero attached hydrogens (tertiary/aromatic N) is 2. The highest BCUT2D eigenvalue weighted by atomic mass is 35.5. The Labute approximate surface area is 187 Å². The van der Waals surface area contributed by atoms with Crippen molar-refractivity contribution in [2.75, 3.05) is 38.3 Å². The smallest absolute Gasteiger partial charge is 0.333 e. The molecule has 1 aliphatic heterocycles. The molecule has 2 aromatic carbocycles. The van der Waals surface area contributed by atoms with Gasteiger partial charge in [0.25, 0.3) is 5.91 Å². The highest BCUT2D eigenvalue weighted by molar-refractivity contribution is 6.30. The number of carbonyl (C=O) groups excluding carboxylic acids is 1. The van der Waals surface area contributed by atoms with Gasteiger partial charge < -0.3 is 24.4 Å². The quantitative estimate of drug-likeness (QED) is 0.671. The van der Waals surface area contributed by atoms with Gasteiger partial charge in [0, 0.05) is 49.9 Å². The van der Waals surface area contributed by atoms with Crippen molar-refractivity contribution >= 4 is 29.2 Å². The normalized spacial score (nSPS) is 17.3. The summed E-state index contributed by atoms with van der Waals surface area (Å²) >= 11 is 5.97. The molecule has 0 bridgehead atoms. The summed E-state index contributed by atoms with van der Waals surface area (Å²) in [6.45, 7) is 4.05. The summed E-state index contributed by atoms with van der Waals surface area (Å²) < 4.78 is 10.6. The van der Waals surface area contributed by atoms with Crippen LogP contribution in [-0.2, 0) is 20.7 Å². The molecular formula is C23H27ClN2O5. The van der Waals surface area contributed by atoms with E-state index in [0.29, 0.717) is 23.9 Å². The number of methoxy groups -OCH3 is 1. The maximum atomic E-state index is 12.6. The number of carboxylic acid groups (broad SMARTS) is 1. The largest absolute Gasteiger partial charge is 0.484 e. The Bertz CT molecular complexity index is 888. The molecule has 0 aromatic heterocycles. The Balaban J connectivity index is 1.49. The van der Waals surface area contributed by atoms with Crippen molar-refractivity contribution in [1.29, 1.82) is 0 Å². The number of hydrogen-bond donors (Lipinski definition) is 1. The first-order valence-corrected chi connectivity index (χ1v) is 10.5. The van der Waals surface area contributed by atoms with Gasteiger partial charge in [0.2, 0.25) is 0 Å². The van der Waals surface area contributed by atoms with Crippen LogP contribution in [-0.4, -0.2) is 67.4 Å². The molecule has 1 saturated heterocycles. The molecule has 1 aliphatic rings. The van der Waals surface area contributed by atoms with Gasteiger partial charge in [-0.1, -0.05) is 23.7 Å². The first kappa shape index (κ1) is 22.9. The Morgan fingerprint density at radius 2 is 1.81 bits per heavy atom. The molecule has 2 atom stereocenters. The summed E-state index contributed by atoms with van der Waals surface area (Å²) in [6, 6.07) is 14.9. The van der Waals surface area contributed by atoms with Crippen molar-refractivity contribution in [2.45, 2.75) is 25.5 Å². The molecule has 1 amide bonds. The van der Waals surface area contributed by atoms with Gasteiger partial charge in [0.05, 0.1) is 0 Å². The minimum absolute atomic E-state index is 0.0389. The van der Waals surface area contributed by atoms with E-state index in [4.69, 9.17) is 26.2 Å². The van der Waals surface area contributed by atoms with E-state index in [-0.39, 0.29) is 25.0 Å². The lowest BCUT2D eigenvalue weighted by atomic mass is 10.1. The lowest BCUT2D eigenvalue weighted by Crippen LogP contribution is -2.54. The van der Waals surface area contributed by atoms with Gasteiger partial charge in [-0.25, -0.2) is 4.79 Å². The van der Waals surface area contributed by atoms with Crippen LogP contribution in [0, 0.1) is 0 Å². The average molecular weight is 447 g/mol. The maximum absolute atomic E-state index is 12.6. The van der Waals surface area contributed by atoms with E-state index in [1.807, 2.05) is 29.2 Å². The Morgan fingerprint density at radius 3 is 2.39 bits per heavy atom. The predicted octanol–water partition coefficient (Wildman–Crippen LogP) is 3.10. The number of piperazine rings is 1. The molecule has 0 radical (unpaired) electrons. The van der Waals surface area contributed by atoms with Gasteiger partial charge in [-0.15, -0.1) is 0 Å². The first-order chi connectivity index (χ1) is 14.9. The predicted molar refractivity (Wildman–Crippen MR) is 119 cm³/mol. The van der Waals surface area contributed by atoms with E-state index >= 15 is 0 Å². The number of benzene rings is 2. The van der Waals surface area contributed by atoms with Crippen LogP contribution in [0.1, 0.15) is 12.5 Å². The summed E-state index contributed by atoms with van der Waals surface area (Å²) in [4.78, 5) is 27.8. The molecule has 8 heteroatoms. The molecule has 31 heavy (non-hydrogen) atoms. The van der Waals surface area contributed by atoms with Crippen LogP contribution in [0.2, 0.25) is 5.02 Å². The Kier molecular flexibility index (Phi) is 7.76. The molecule has 3 rings (SSSR count). The third kappa shape index (κ3) is 6.12. The second kappa shape index (κ2) is 10.5. The number of rotatable bonds is 8. The van der Waals surface area contributed by atoms with Crippen molar-refractivity contribution in [3.63, 3.8) is 0 Å². The average Bonchev–Trinajstić information content (AvgIpc) is 2.77. The molecule has 1 N–H and O–H groups in total. The topological polar surface area (TPSA) is 79.3 Å². The molecule has 2 aromatic rings. The van der Waals surface area contributed by atoms with E-state index in [1.165, 1.54) is 7.11 Å². The molecular weight excluding hydrogens is 420 g/mol. The zero-order valence-corrected chi connectivity index (χ0v) is 18.4. The third-order valence-electron chi connectivity index (χ3n) is 5.41. The van der Waals surface area contributed by atoms with Crippen molar-refractivity contribution in [1.82, 2.24) is 4.90 Å². The van der Waals surface area contributed by atoms with E-state index in [0.717, 1.165) is 17.8 Å². The Hall–Kier alpha value is -2.77. The van der Waals surface area contributed by atoms with Gasteiger partial charge in [-0.2, -0.15) is 0 Å². The van der Waals surface area contributed by atoms with Crippen LogP contribution in [0.15, 0.2) is 48.5 Å². The molecule has 1 heterocycles. The van der Waals surface area contributed by atoms with Crippen molar-refractivity contribution in [2.24, 2.45) is 0 Å². The van der Waals surface area contributed by atoms with E-state index in [2.05, 4.69) is 11.8 Å². The monoisotopic (exact) mass is 446 g/mol. The fourth-order valence-electron chi connectivity index (χ4n) is 3.64. The van der Waals surface area contributed by atoms with Crippen molar-refractivity contribution in [3.05, 3.63) is 59.1 Å². The van der Waals surface area contributed by atoms with Gasteiger partial charge >= 0.3 is 5.97 Å². The van der Waals surface area contributed by atoms with Gasteiger partial charge in [-0.05, 0) is 48.9 Å². The second-order valence-electron chi connectivity index (χ2n) is 7.56. The highest BCUT2D eigenvalue weighted by Gasteiger charge is 2.27. The number of ether oxygens (including phenoxy) is 2. The molecule has 0 saturated carbocycles. The third-order valence-corrected chi connectivity index (χ3v) is 5.66. The van der Waals surface area contributed by atoms with Crippen LogP contribution in [0.5, 0.6) is 5.75 Å². The number of aliphatic carboxylic acids is 1. The molecule has 1 fully saturated rings. The fraction of sp³-hybridized carbons (Fsp3) is 0.391. The number of anilines is 1. The fourth-order valence-corrected chi connectivity index (χ4v) is 3.77. The van der Waals surface area contributed by atoms with Crippen LogP contribution in [0.25, 0.3) is 0 Å². The summed E-state index contributed by atoms with van der Waals surface area (Å²) in [5, 5.41) is 9.77. The SMILES string of the molecule is CO[C@@H](Cc1ccc(OCC(=O)N2CCN(c3ccc(Cl)cc3)C(C)C2)cc1)C(=O)O. The van der Waals surface area contributed by atoms with Gasteiger partial charge in [0.15, 0.2) is 12.7 Å². The number of amides is 1. The zero-order valence-electron chi connectivity index (χ0n) is 17.7. The summed E-state index contributed by atoms with van der Waals surface area (Å²) in [5.41, 5.74) is 1.92. The van der Waals surface area contributed by atoms with E-state index in [1.54, 1.807) is 24.3 Å². The zero-order chi connectivity index (χ0) is 22.4. The molecule has 7 nitrogen and oxygen atoms in total. The summed E-state index contributed by atoms with van der Waals surface area (Å²) in [6.07, 6.45) is -0.622. The van der Waals surface area contributed by atoms with Crippen molar-refractivity contribution < 1.29 is 24.2 Å². The molecule has 166 valence electrons. The molecule has 0 spiro atoms. The Morgan fingerprint density at radius 1 is 1.13 bits per heavy atom. The summed E-state index contributed by atoms with van der Waals surface area (Å²) in [7, 11) is 1.37. The molecule has 1 unspecified atom stereocenters. The van der Waals surface area contributed by atoms with Gasteiger partial charge in [-0.3, -0.25) is 4.79 Å². The lowest BCUT2D eigenvalue weighted by Gasteiger charge is -2.41. The van der Waals surface area contributed by atoms with Crippen LogP contribution in [0.3, 0.4) is 0 Å². The number of halogens is 1. The lowest BCUT2D eigenvalue weighted by molar-refractivity contribution is -0.148. The van der Waals surface area contributed by atoms with Crippen LogP contribution in [0.4, 0.5) is 5.69 Å².